The normalized spacial score (nSPS) is 11.0. The molecule has 0 aliphatic carbocycles. The molecule has 0 saturated carbocycles. The van der Waals surface area contributed by atoms with Crippen molar-refractivity contribution in [2.45, 2.75) is 407 Å². The van der Waals surface area contributed by atoms with Gasteiger partial charge < -0.3 is 22.9 Å². The highest BCUT2D eigenvalue weighted by Crippen LogP contribution is 2.17. The molecule has 4 heteroatoms. The van der Waals surface area contributed by atoms with E-state index >= 15 is 0 Å². The van der Waals surface area contributed by atoms with Crippen molar-refractivity contribution >= 4 is 0 Å². The van der Waals surface area contributed by atoms with Crippen molar-refractivity contribution < 1.29 is 0 Å². The highest BCUT2D eigenvalue weighted by Gasteiger charge is 1.98. The second kappa shape index (κ2) is 83.8. The van der Waals surface area contributed by atoms with Crippen LogP contribution < -0.4 is 22.9 Å². The van der Waals surface area contributed by atoms with E-state index in [0.717, 1.165) is 26.2 Å². The lowest BCUT2D eigenvalue weighted by Crippen LogP contribution is -1.97. The van der Waals surface area contributed by atoms with Gasteiger partial charge >= 0.3 is 0 Å². The van der Waals surface area contributed by atoms with E-state index in [0.29, 0.717) is 0 Å². The van der Waals surface area contributed by atoms with Gasteiger partial charge in [0.1, 0.15) is 0 Å². The zero-order valence-corrected chi connectivity index (χ0v) is 50.9. The number of unbranched alkanes of at least 4 members (excludes halogenated alkanes) is 55. The minimum absolute atomic E-state index is 0.872. The Labute approximate surface area is 453 Å². The standard InChI is InChI=1S/C20H43N.C18H39N.C15H33N.C14H31N/c1-2-3-4-5-6-7-8-9-10-11-12-13-14-15-16-17-18-19-20-21;1-2-3-4-5-6-7-8-9-10-11-12-13-14-15-16-17-18-19;1-2-3-4-5-6-7-8-9-10-11-12-13-14-15-16;1-2-3-4-5-6-7-8-9-10-11-12-13-14-15/h2-21H2,1H3;2-19H2,1H3;2-16H2,1H3;2-15H2,1H3. The Morgan fingerprint density at radius 2 is 0.183 bits per heavy atom. The lowest BCUT2D eigenvalue weighted by Gasteiger charge is -2.03. The summed E-state index contributed by atoms with van der Waals surface area (Å²) < 4.78 is 0. The van der Waals surface area contributed by atoms with E-state index in [-0.39, 0.29) is 0 Å². The zero-order chi connectivity index (χ0) is 52.5. The van der Waals surface area contributed by atoms with E-state index in [4.69, 9.17) is 22.9 Å². The first-order chi connectivity index (χ1) is 35.2. The molecule has 434 valence electrons. The maximum absolute atomic E-state index is 5.49. The third-order valence-electron chi connectivity index (χ3n) is 15.0. The monoisotopic (exact) mass is 1010 g/mol. The Balaban J connectivity index is -0.000000425. The summed E-state index contributed by atoms with van der Waals surface area (Å²) in [6, 6.07) is 0. The first kappa shape index (κ1) is 77.3. The summed E-state index contributed by atoms with van der Waals surface area (Å²) in [5, 5.41) is 0. The van der Waals surface area contributed by atoms with Crippen LogP contribution in [0.2, 0.25) is 0 Å². The Kier molecular flexibility index (Phi) is 91.3. The molecule has 0 spiro atoms. The Hall–Kier alpha value is -0.160. The van der Waals surface area contributed by atoms with Crippen LogP contribution in [0.5, 0.6) is 0 Å². The van der Waals surface area contributed by atoms with Crippen LogP contribution in [-0.4, -0.2) is 26.2 Å². The highest BCUT2D eigenvalue weighted by molar-refractivity contribution is 4.54. The first-order valence-electron chi connectivity index (χ1n) is 34.0. The van der Waals surface area contributed by atoms with Gasteiger partial charge in [0.2, 0.25) is 0 Å². The highest BCUT2D eigenvalue weighted by atomic mass is 14.5. The number of nitrogens with two attached hydrogens (primary N) is 4. The molecule has 0 aromatic carbocycles. The molecule has 0 fully saturated rings. The molecule has 0 aliphatic rings. The van der Waals surface area contributed by atoms with Crippen LogP contribution in [0.25, 0.3) is 0 Å². The molecule has 71 heavy (non-hydrogen) atoms. The van der Waals surface area contributed by atoms with E-state index < -0.39 is 0 Å². The van der Waals surface area contributed by atoms with E-state index in [2.05, 4.69) is 27.7 Å². The number of hydrogen-bond acceptors (Lipinski definition) is 4. The van der Waals surface area contributed by atoms with Gasteiger partial charge in [-0.25, -0.2) is 0 Å². The summed E-state index contributed by atoms with van der Waals surface area (Å²) >= 11 is 0. The SMILES string of the molecule is CCCCCCCCCCCCCCCCCCCCN.CCCCCCCCCCCCCCCCCCN.CCCCCCCCCCCCCCCN.CCCCCCCCCCCCCCN. The van der Waals surface area contributed by atoms with Gasteiger partial charge in [-0.1, -0.05) is 381 Å². The van der Waals surface area contributed by atoms with Gasteiger partial charge in [0.15, 0.2) is 0 Å². The average Bonchev–Trinajstić information content (AvgIpc) is 3.38. The van der Waals surface area contributed by atoms with Crippen molar-refractivity contribution in [1.29, 1.82) is 0 Å². The Morgan fingerprint density at radius 3 is 0.254 bits per heavy atom. The third kappa shape index (κ3) is 92.8. The molecule has 0 aromatic heterocycles. The van der Waals surface area contributed by atoms with E-state index in [1.807, 2.05) is 0 Å². The van der Waals surface area contributed by atoms with Crippen molar-refractivity contribution in [3.63, 3.8) is 0 Å². The van der Waals surface area contributed by atoms with E-state index in [1.54, 1.807) is 0 Å². The summed E-state index contributed by atoms with van der Waals surface area (Å²) in [5.74, 6) is 0. The van der Waals surface area contributed by atoms with Crippen LogP contribution >= 0.6 is 0 Å². The minimum Gasteiger partial charge on any atom is -0.330 e. The summed E-state index contributed by atoms with van der Waals surface area (Å²) in [5.41, 5.74) is 21.9. The van der Waals surface area contributed by atoms with E-state index in [9.17, 15) is 0 Å². The van der Waals surface area contributed by atoms with Crippen LogP contribution in [-0.2, 0) is 0 Å². The fourth-order valence-corrected chi connectivity index (χ4v) is 9.89. The van der Waals surface area contributed by atoms with Gasteiger partial charge in [-0.3, -0.25) is 0 Å². The lowest BCUT2D eigenvalue weighted by molar-refractivity contribution is 0.525. The van der Waals surface area contributed by atoms with Crippen LogP contribution in [0.4, 0.5) is 0 Å². The number of rotatable bonds is 59. The topological polar surface area (TPSA) is 104 Å². The predicted molar refractivity (Wildman–Crippen MR) is 331 cm³/mol. The smallest absolute Gasteiger partial charge is 0.00773 e. The molecule has 0 saturated heterocycles. The van der Waals surface area contributed by atoms with Crippen molar-refractivity contribution in [1.82, 2.24) is 0 Å². The molecule has 0 bridgehead atoms. The number of hydrogen-bond donors (Lipinski definition) is 4. The Morgan fingerprint density at radius 1 is 0.113 bits per heavy atom. The maximum atomic E-state index is 5.49. The van der Waals surface area contributed by atoms with Gasteiger partial charge in [0, 0.05) is 0 Å². The predicted octanol–water partition coefficient (Wildman–Crippen LogP) is 22.9. The van der Waals surface area contributed by atoms with Crippen molar-refractivity contribution in [2.75, 3.05) is 26.2 Å². The van der Waals surface area contributed by atoms with Gasteiger partial charge in [-0.15, -0.1) is 0 Å². The fourth-order valence-electron chi connectivity index (χ4n) is 9.89. The quantitative estimate of drug-likeness (QED) is 0.0456. The molecule has 0 aliphatic heterocycles. The second-order valence-electron chi connectivity index (χ2n) is 22.6. The molecular weight excluding hydrogens is 861 g/mol. The van der Waals surface area contributed by atoms with Gasteiger partial charge in [0.25, 0.3) is 0 Å². The molecule has 8 N–H and O–H groups in total. The molecule has 4 nitrogen and oxygen atoms in total. The summed E-state index contributed by atoms with van der Waals surface area (Å²) in [6.07, 6.45) is 84.0. The molecule has 0 amide bonds. The molecule has 0 radical (unpaired) electrons. The van der Waals surface area contributed by atoms with Gasteiger partial charge in [0.05, 0.1) is 0 Å². The summed E-state index contributed by atoms with van der Waals surface area (Å²) in [6.45, 7) is 12.6. The van der Waals surface area contributed by atoms with Crippen LogP contribution in [0.15, 0.2) is 0 Å². The maximum Gasteiger partial charge on any atom is -0.00773 e. The molecule has 0 atom stereocenters. The van der Waals surface area contributed by atoms with Gasteiger partial charge in [-0.2, -0.15) is 0 Å². The van der Waals surface area contributed by atoms with Crippen LogP contribution in [0.1, 0.15) is 407 Å². The zero-order valence-electron chi connectivity index (χ0n) is 50.9. The Bertz CT molecular complexity index is 715. The summed E-state index contributed by atoms with van der Waals surface area (Å²) in [4.78, 5) is 0. The van der Waals surface area contributed by atoms with Gasteiger partial charge in [-0.05, 0) is 51.9 Å². The lowest BCUT2D eigenvalue weighted by atomic mass is 10.0. The fraction of sp³-hybridized carbons (Fsp3) is 1.00. The van der Waals surface area contributed by atoms with Crippen LogP contribution in [0, 0.1) is 0 Å². The largest absolute Gasteiger partial charge is 0.330 e. The first-order valence-corrected chi connectivity index (χ1v) is 34.0. The molecule has 0 rings (SSSR count). The van der Waals surface area contributed by atoms with Crippen molar-refractivity contribution in [2.24, 2.45) is 22.9 Å². The molecule has 0 unspecified atom stereocenters. The second-order valence-corrected chi connectivity index (χ2v) is 22.6. The van der Waals surface area contributed by atoms with E-state index in [1.165, 1.54) is 379 Å². The summed E-state index contributed by atoms with van der Waals surface area (Å²) in [7, 11) is 0. The molecular formula is C67H146N4. The average molecular weight is 1010 g/mol. The minimum atomic E-state index is 0.872. The van der Waals surface area contributed by atoms with Crippen LogP contribution in [0.3, 0.4) is 0 Å². The molecule has 0 heterocycles. The van der Waals surface area contributed by atoms with Crippen molar-refractivity contribution in [3.8, 4) is 0 Å². The molecule has 0 aromatic rings. The third-order valence-corrected chi connectivity index (χ3v) is 15.0. The van der Waals surface area contributed by atoms with Crippen molar-refractivity contribution in [3.05, 3.63) is 0 Å².